The van der Waals surface area contributed by atoms with E-state index >= 15 is 0 Å². The van der Waals surface area contributed by atoms with E-state index in [2.05, 4.69) is 14.6 Å². The Hall–Kier alpha value is -2.45. The topological polar surface area (TPSA) is 79.4 Å². The molecular formula is C19H19N3O3S2. The van der Waals surface area contributed by atoms with Crippen LogP contribution in [0.2, 0.25) is 0 Å². The average Bonchev–Trinajstić information content (AvgIpc) is 3.30. The molecule has 0 bridgehead atoms. The van der Waals surface area contributed by atoms with Gasteiger partial charge in [0.05, 0.1) is 20.8 Å². The van der Waals surface area contributed by atoms with Crippen molar-refractivity contribution >= 4 is 48.2 Å². The number of nitrogens with zero attached hydrogens (tertiary/aromatic N) is 2. The summed E-state index contributed by atoms with van der Waals surface area (Å²) in [5.41, 5.74) is 1.85. The summed E-state index contributed by atoms with van der Waals surface area (Å²) in [5.74, 6) is -0.101. The Bertz CT molecular complexity index is 1100. The Morgan fingerprint density at radius 1 is 1.11 bits per heavy atom. The van der Waals surface area contributed by atoms with Crippen molar-refractivity contribution in [2.75, 3.05) is 22.7 Å². The van der Waals surface area contributed by atoms with Gasteiger partial charge in [0.25, 0.3) is 10.0 Å². The van der Waals surface area contributed by atoms with Gasteiger partial charge in [-0.2, -0.15) is 0 Å². The Labute approximate surface area is 161 Å². The molecule has 0 amide bonds. The Balaban J connectivity index is 1.59. The normalized spacial score (nSPS) is 14.6. The molecule has 1 aliphatic rings. The lowest BCUT2D eigenvalue weighted by Gasteiger charge is -2.11. The van der Waals surface area contributed by atoms with Crippen LogP contribution < -0.4 is 9.62 Å². The number of rotatable bonds is 5. The Kier molecular flexibility index (Phi) is 4.61. The molecule has 0 saturated carbocycles. The lowest BCUT2D eigenvalue weighted by atomic mass is 10.2. The first-order valence-corrected chi connectivity index (χ1v) is 11.0. The number of anilines is 2. The lowest BCUT2D eigenvalue weighted by molar-refractivity contribution is 0.101. The number of carbonyl (C=O) groups is 1. The second-order valence-electron chi connectivity index (χ2n) is 6.56. The molecule has 6 nitrogen and oxygen atoms in total. The zero-order valence-corrected chi connectivity index (χ0v) is 16.4. The minimum Gasteiger partial charge on any atom is -0.348 e. The second kappa shape index (κ2) is 6.94. The van der Waals surface area contributed by atoms with Gasteiger partial charge in [0, 0.05) is 18.7 Å². The quantitative estimate of drug-likeness (QED) is 0.656. The minimum absolute atomic E-state index is 0.101. The molecule has 140 valence electrons. The Morgan fingerprint density at radius 2 is 1.81 bits per heavy atom. The van der Waals surface area contributed by atoms with Gasteiger partial charge < -0.3 is 4.90 Å². The molecule has 1 fully saturated rings. The maximum atomic E-state index is 12.6. The van der Waals surface area contributed by atoms with Crippen molar-refractivity contribution in [1.29, 1.82) is 0 Å². The first-order chi connectivity index (χ1) is 12.9. The highest BCUT2D eigenvalue weighted by atomic mass is 32.2. The summed E-state index contributed by atoms with van der Waals surface area (Å²) >= 11 is 1.58. The van der Waals surface area contributed by atoms with Crippen LogP contribution in [-0.2, 0) is 10.0 Å². The van der Waals surface area contributed by atoms with Crippen LogP contribution in [0.15, 0.2) is 47.4 Å². The molecule has 0 radical (unpaired) electrons. The summed E-state index contributed by atoms with van der Waals surface area (Å²) in [6.45, 7) is 3.49. The van der Waals surface area contributed by atoms with E-state index in [0.717, 1.165) is 28.4 Å². The first kappa shape index (κ1) is 17.9. The van der Waals surface area contributed by atoms with Gasteiger partial charge in [0.15, 0.2) is 10.9 Å². The SMILES string of the molecule is CC(=O)c1ccc(S(=O)(=O)Nc2ccc3nc(N4CCCC4)sc3c2)cc1. The molecule has 1 aliphatic heterocycles. The molecule has 8 heteroatoms. The van der Waals surface area contributed by atoms with Crippen LogP contribution in [0.25, 0.3) is 10.2 Å². The van der Waals surface area contributed by atoms with Crippen LogP contribution in [0.3, 0.4) is 0 Å². The maximum Gasteiger partial charge on any atom is 0.261 e. The molecule has 1 aromatic heterocycles. The second-order valence-corrected chi connectivity index (χ2v) is 9.25. The third-order valence-corrected chi connectivity index (χ3v) is 7.05. The van der Waals surface area contributed by atoms with Crippen LogP contribution in [0, 0.1) is 0 Å². The largest absolute Gasteiger partial charge is 0.348 e. The van der Waals surface area contributed by atoms with Gasteiger partial charge in [-0.15, -0.1) is 0 Å². The third kappa shape index (κ3) is 3.68. The van der Waals surface area contributed by atoms with Crippen LogP contribution in [0.1, 0.15) is 30.1 Å². The highest BCUT2D eigenvalue weighted by Gasteiger charge is 2.18. The van der Waals surface area contributed by atoms with Gasteiger partial charge in [-0.25, -0.2) is 13.4 Å². The molecule has 0 atom stereocenters. The number of Topliss-reactive ketones (excluding diaryl/α,β-unsaturated/α-hetero) is 1. The van der Waals surface area contributed by atoms with Crippen molar-refractivity contribution in [3.05, 3.63) is 48.0 Å². The van der Waals surface area contributed by atoms with E-state index < -0.39 is 10.0 Å². The number of nitrogens with one attached hydrogen (secondary N) is 1. The standard InChI is InChI=1S/C19H19N3O3S2/c1-13(23)14-4-7-16(8-5-14)27(24,25)21-15-6-9-17-18(12-15)26-19(20-17)22-10-2-3-11-22/h4-9,12,21H,2-3,10-11H2,1H3. The van der Waals surface area contributed by atoms with Gasteiger partial charge in [0.1, 0.15) is 0 Å². The van der Waals surface area contributed by atoms with E-state index in [1.807, 2.05) is 12.1 Å². The lowest BCUT2D eigenvalue weighted by Crippen LogP contribution is -2.16. The summed E-state index contributed by atoms with van der Waals surface area (Å²) < 4.78 is 28.8. The third-order valence-electron chi connectivity index (χ3n) is 4.58. The molecule has 0 aliphatic carbocycles. The van der Waals surface area contributed by atoms with E-state index in [1.165, 1.54) is 44.0 Å². The number of hydrogen-bond donors (Lipinski definition) is 1. The van der Waals surface area contributed by atoms with Gasteiger partial charge >= 0.3 is 0 Å². The van der Waals surface area contributed by atoms with Crippen LogP contribution in [0.4, 0.5) is 10.8 Å². The van der Waals surface area contributed by atoms with Crippen LogP contribution >= 0.6 is 11.3 Å². The number of ketones is 1. The molecule has 3 aromatic rings. The smallest absolute Gasteiger partial charge is 0.261 e. The monoisotopic (exact) mass is 401 g/mol. The number of thiazole rings is 1. The van der Waals surface area contributed by atoms with Crippen molar-refractivity contribution in [1.82, 2.24) is 4.98 Å². The van der Waals surface area contributed by atoms with E-state index in [-0.39, 0.29) is 10.7 Å². The number of carbonyl (C=O) groups excluding carboxylic acids is 1. The molecule has 0 spiro atoms. The molecule has 0 unspecified atom stereocenters. The van der Waals surface area contributed by atoms with Crippen molar-refractivity contribution in [3.63, 3.8) is 0 Å². The van der Waals surface area contributed by atoms with Crippen molar-refractivity contribution < 1.29 is 13.2 Å². The summed E-state index contributed by atoms with van der Waals surface area (Å²) in [4.78, 5) is 18.4. The fourth-order valence-corrected chi connectivity index (χ4v) is 5.21. The Morgan fingerprint density at radius 3 is 2.48 bits per heavy atom. The fraction of sp³-hybridized carbons (Fsp3) is 0.263. The van der Waals surface area contributed by atoms with Crippen molar-refractivity contribution in [3.8, 4) is 0 Å². The average molecular weight is 402 g/mol. The zero-order valence-electron chi connectivity index (χ0n) is 14.8. The highest BCUT2D eigenvalue weighted by molar-refractivity contribution is 7.92. The summed E-state index contributed by atoms with van der Waals surface area (Å²) in [6.07, 6.45) is 2.37. The fourth-order valence-electron chi connectivity index (χ4n) is 3.10. The van der Waals surface area contributed by atoms with Gasteiger partial charge in [-0.3, -0.25) is 9.52 Å². The minimum atomic E-state index is -3.72. The van der Waals surface area contributed by atoms with E-state index in [4.69, 9.17) is 0 Å². The predicted octanol–water partition coefficient (Wildman–Crippen LogP) is 3.90. The molecule has 1 N–H and O–H groups in total. The van der Waals surface area contributed by atoms with Crippen LogP contribution in [0.5, 0.6) is 0 Å². The summed E-state index contributed by atoms with van der Waals surface area (Å²) in [6, 6.07) is 11.3. The number of benzene rings is 2. The predicted molar refractivity (Wildman–Crippen MR) is 108 cm³/mol. The number of fused-ring (bicyclic) bond motifs is 1. The van der Waals surface area contributed by atoms with E-state index in [9.17, 15) is 13.2 Å². The molecule has 2 aromatic carbocycles. The first-order valence-electron chi connectivity index (χ1n) is 8.72. The van der Waals surface area contributed by atoms with Gasteiger partial charge in [0.2, 0.25) is 0 Å². The molecule has 1 saturated heterocycles. The highest BCUT2D eigenvalue weighted by Crippen LogP contribution is 2.32. The number of aromatic nitrogens is 1. The summed E-state index contributed by atoms with van der Waals surface area (Å²) in [5, 5.41) is 0.988. The number of hydrogen-bond acceptors (Lipinski definition) is 6. The van der Waals surface area contributed by atoms with Crippen LogP contribution in [-0.4, -0.2) is 32.3 Å². The van der Waals surface area contributed by atoms with E-state index in [0.29, 0.717) is 11.3 Å². The molecular weight excluding hydrogens is 382 g/mol. The van der Waals surface area contributed by atoms with Gasteiger partial charge in [-0.1, -0.05) is 23.5 Å². The van der Waals surface area contributed by atoms with E-state index in [1.54, 1.807) is 17.4 Å². The molecule has 4 rings (SSSR count). The van der Waals surface area contributed by atoms with Crippen molar-refractivity contribution in [2.45, 2.75) is 24.7 Å². The zero-order chi connectivity index (χ0) is 19.0. The molecule has 2 heterocycles. The van der Waals surface area contributed by atoms with Gasteiger partial charge in [-0.05, 0) is 50.1 Å². The molecule has 27 heavy (non-hydrogen) atoms. The summed E-state index contributed by atoms with van der Waals surface area (Å²) in [7, 11) is -3.72. The maximum absolute atomic E-state index is 12.6. The number of sulfonamides is 1. The van der Waals surface area contributed by atoms with Crippen molar-refractivity contribution in [2.24, 2.45) is 0 Å².